The number of rotatable bonds is 9. The number of halogens is 1. The first-order chi connectivity index (χ1) is 15.7. The lowest BCUT2D eigenvalue weighted by atomic mass is 10.0. The van der Waals surface area contributed by atoms with E-state index in [1.54, 1.807) is 0 Å². The van der Waals surface area contributed by atoms with E-state index in [9.17, 15) is 13.2 Å². The van der Waals surface area contributed by atoms with Gasteiger partial charge in [-0.25, -0.2) is 8.42 Å². The molecule has 1 amide bonds. The van der Waals surface area contributed by atoms with Gasteiger partial charge < -0.3 is 10.1 Å². The highest BCUT2D eigenvalue weighted by Gasteiger charge is 2.27. The Morgan fingerprint density at radius 1 is 1.00 bits per heavy atom. The zero-order valence-electron chi connectivity index (χ0n) is 18.8. The van der Waals surface area contributed by atoms with Crippen LogP contribution < -0.4 is 14.8 Å². The van der Waals surface area contributed by atoms with E-state index in [0.29, 0.717) is 18.0 Å². The van der Waals surface area contributed by atoms with Crippen LogP contribution in [0.15, 0.2) is 71.6 Å². The fourth-order valence-corrected chi connectivity index (χ4v) is 4.96. The molecule has 0 aromatic heterocycles. The van der Waals surface area contributed by atoms with Gasteiger partial charge in [-0.05, 0) is 62.1 Å². The second-order valence-corrected chi connectivity index (χ2v) is 9.77. The van der Waals surface area contributed by atoms with Crippen LogP contribution in [-0.4, -0.2) is 27.0 Å². The van der Waals surface area contributed by atoms with Crippen LogP contribution in [0.2, 0.25) is 5.02 Å². The standard InChI is InChI=1S/C25H27ClN2O4S/c1-4-32-23-14-13-20(16-21(23)26)33(30,31)28-22(15-19-11-6-5-7-12-19)25(29)27-24-17(2)9-8-10-18(24)3/h5-14,16,22,28H,4,15H2,1-3H3,(H,27,29)/t22-/m0/s1. The van der Waals surface area contributed by atoms with Gasteiger partial charge in [-0.2, -0.15) is 4.72 Å². The van der Waals surface area contributed by atoms with Gasteiger partial charge >= 0.3 is 0 Å². The average Bonchev–Trinajstić information content (AvgIpc) is 2.78. The lowest BCUT2D eigenvalue weighted by Crippen LogP contribution is -2.45. The van der Waals surface area contributed by atoms with Gasteiger partial charge in [0.05, 0.1) is 16.5 Å². The van der Waals surface area contributed by atoms with Gasteiger partial charge in [0.25, 0.3) is 0 Å². The number of benzene rings is 3. The van der Waals surface area contributed by atoms with Gasteiger partial charge in [0, 0.05) is 5.69 Å². The number of sulfonamides is 1. The number of nitrogens with one attached hydrogen (secondary N) is 2. The van der Waals surface area contributed by atoms with Gasteiger partial charge in [0.15, 0.2) is 0 Å². The molecule has 0 saturated heterocycles. The number of hydrogen-bond acceptors (Lipinski definition) is 4. The fourth-order valence-electron chi connectivity index (χ4n) is 3.44. The number of ether oxygens (including phenoxy) is 1. The van der Waals surface area contributed by atoms with Crippen molar-refractivity contribution in [1.82, 2.24) is 4.72 Å². The van der Waals surface area contributed by atoms with Crippen LogP contribution in [0.25, 0.3) is 0 Å². The molecule has 0 fully saturated rings. The summed E-state index contributed by atoms with van der Waals surface area (Å²) >= 11 is 6.19. The Bertz CT molecular complexity index is 1210. The molecular weight excluding hydrogens is 460 g/mol. The molecular formula is C25H27ClN2O4S. The molecule has 6 nitrogen and oxygen atoms in total. The largest absolute Gasteiger partial charge is 0.492 e. The van der Waals surface area contributed by atoms with Gasteiger partial charge in [0.1, 0.15) is 11.8 Å². The number of para-hydroxylation sites is 1. The molecule has 0 heterocycles. The Morgan fingerprint density at radius 2 is 1.67 bits per heavy atom. The topological polar surface area (TPSA) is 84.5 Å². The summed E-state index contributed by atoms with van der Waals surface area (Å²) in [4.78, 5) is 13.2. The summed E-state index contributed by atoms with van der Waals surface area (Å²) in [6.07, 6.45) is 0.182. The molecule has 1 atom stereocenters. The van der Waals surface area contributed by atoms with E-state index < -0.39 is 22.0 Å². The fraction of sp³-hybridized carbons (Fsp3) is 0.240. The zero-order valence-corrected chi connectivity index (χ0v) is 20.3. The third kappa shape index (κ3) is 6.35. The van der Waals surface area contributed by atoms with Crippen LogP contribution in [0.5, 0.6) is 5.75 Å². The minimum absolute atomic E-state index is 0.0473. The lowest BCUT2D eigenvalue weighted by molar-refractivity contribution is -0.117. The van der Waals surface area contributed by atoms with Crippen LogP contribution in [0, 0.1) is 13.8 Å². The summed E-state index contributed by atoms with van der Waals surface area (Å²) in [5.74, 6) is -0.0522. The Kier molecular flexibility index (Phi) is 8.13. The normalized spacial score (nSPS) is 12.2. The number of hydrogen-bond donors (Lipinski definition) is 2. The second kappa shape index (κ2) is 10.8. The number of anilines is 1. The molecule has 0 spiro atoms. The van der Waals surface area contributed by atoms with Crippen LogP contribution in [0.1, 0.15) is 23.6 Å². The molecule has 0 saturated carbocycles. The average molecular weight is 487 g/mol. The van der Waals surface area contributed by atoms with Crippen molar-refractivity contribution < 1.29 is 17.9 Å². The first kappa shape index (κ1) is 24.8. The molecule has 0 aliphatic heterocycles. The van der Waals surface area contributed by atoms with Crippen molar-refractivity contribution >= 4 is 33.2 Å². The van der Waals surface area contributed by atoms with Crippen molar-refractivity contribution in [2.45, 2.75) is 38.1 Å². The highest BCUT2D eigenvalue weighted by Crippen LogP contribution is 2.27. The van der Waals surface area contributed by atoms with Gasteiger partial charge in [0.2, 0.25) is 15.9 Å². The summed E-state index contributed by atoms with van der Waals surface area (Å²) in [6.45, 7) is 6.00. The minimum Gasteiger partial charge on any atom is -0.492 e. The van der Waals surface area contributed by atoms with Crippen molar-refractivity contribution in [3.63, 3.8) is 0 Å². The van der Waals surface area contributed by atoms with Crippen LogP contribution in [0.3, 0.4) is 0 Å². The molecule has 0 unspecified atom stereocenters. The zero-order chi connectivity index (χ0) is 24.0. The van der Waals surface area contributed by atoms with Crippen LogP contribution >= 0.6 is 11.6 Å². The maximum atomic E-state index is 13.3. The number of amides is 1. The van der Waals surface area contributed by atoms with E-state index in [1.165, 1.54) is 18.2 Å². The Hall–Kier alpha value is -2.87. The van der Waals surface area contributed by atoms with Crippen LogP contribution in [0.4, 0.5) is 5.69 Å². The summed E-state index contributed by atoms with van der Waals surface area (Å²) in [6, 6.07) is 18.1. The lowest BCUT2D eigenvalue weighted by Gasteiger charge is -2.20. The molecule has 0 radical (unpaired) electrons. The van der Waals surface area contributed by atoms with Crippen molar-refractivity contribution in [2.24, 2.45) is 0 Å². The molecule has 33 heavy (non-hydrogen) atoms. The molecule has 174 valence electrons. The van der Waals surface area contributed by atoms with E-state index in [4.69, 9.17) is 16.3 Å². The Labute approximate surface area is 200 Å². The van der Waals surface area contributed by atoms with Crippen molar-refractivity contribution in [2.75, 3.05) is 11.9 Å². The molecule has 3 aromatic rings. The van der Waals surface area contributed by atoms with Gasteiger partial charge in [-0.3, -0.25) is 4.79 Å². The SMILES string of the molecule is CCOc1ccc(S(=O)(=O)N[C@@H](Cc2ccccc2)C(=O)Nc2c(C)cccc2C)cc1Cl. The van der Waals surface area contributed by atoms with E-state index >= 15 is 0 Å². The van der Waals surface area contributed by atoms with E-state index in [-0.39, 0.29) is 16.3 Å². The predicted molar refractivity (Wildman–Crippen MR) is 131 cm³/mol. The number of aryl methyl sites for hydroxylation is 2. The maximum Gasteiger partial charge on any atom is 0.242 e. The third-order valence-electron chi connectivity index (χ3n) is 5.14. The van der Waals surface area contributed by atoms with Crippen molar-refractivity contribution in [1.29, 1.82) is 0 Å². The molecule has 3 rings (SSSR count). The van der Waals surface area contributed by atoms with E-state index in [2.05, 4.69) is 10.0 Å². The monoisotopic (exact) mass is 486 g/mol. The summed E-state index contributed by atoms with van der Waals surface area (Å²) in [5.41, 5.74) is 3.28. The van der Waals surface area contributed by atoms with Crippen molar-refractivity contribution in [3.8, 4) is 5.75 Å². The number of carbonyl (C=O) groups is 1. The summed E-state index contributed by atoms with van der Waals surface area (Å²) in [5, 5.41) is 3.08. The van der Waals surface area contributed by atoms with E-state index in [0.717, 1.165) is 16.7 Å². The van der Waals surface area contributed by atoms with E-state index in [1.807, 2.05) is 69.3 Å². The van der Waals surface area contributed by atoms with Crippen molar-refractivity contribution in [3.05, 3.63) is 88.4 Å². The second-order valence-electron chi connectivity index (χ2n) is 7.64. The van der Waals surface area contributed by atoms with Gasteiger partial charge in [-0.1, -0.05) is 60.1 Å². The predicted octanol–water partition coefficient (Wildman–Crippen LogP) is 4.88. The molecule has 8 heteroatoms. The quantitative estimate of drug-likeness (QED) is 0.451. The Balaban J connectivity index is 1.90. The smallest absolute Gasteiger partial charge is 0.242 e. The maximum absolute atomic E-state index is 13.3. The van der Waals surface area contributed by atoms with Gasteiger partial charge in [-0.15, -0.1) is 0 Å². The summed E-state index contributed by atoms with van der Waals surface area (Å²) in [7, 11) is -4.04. The highest BCUT2D eigenvalue weighted by molar-refractivity contribution is 7.89. The first-order valence-corrected chi connectivity index (χ1v) is 12.4. The first-order valence-electron chi connectivity index (χ1n) is 10.6. The highest BCUT2D eigenvalue weighted by atomic mass is 35.5. The molecule has 2 N–H and O–H groups in total. The Morgan fingerprint density at radius 3 is 2.27 bits per heavy atom. The molecule has 0 bridgehead atoms. The molecule has 0 aliphatic rings. The molecule has 0 aliphatic carbocycles. The minimum atomic E-state index is -4.04. The summed E-state index contributed by atoms with van der Waals surface area (Å²) < 4.78 is 34.2. The number of carbonyl (C=O) groups excluding carboxylic acids is 1. The molecule has 3 aromatic carbocycles. The third-order valence-corrected chi connectivity index (χ3v) is 6.90. The van der Waals surface area contributed by atoms with Crippen LogP contribution in [-0.2, 0) is 21.2 Å².